The van der Waals surface area contributed by atoms with Crippen molar-refractivity contribution in [3.05, 3.63) is 87.9 Å². The van der Waals surface area contributed by atoms with Gasteiger partial charge in [-0.2, -0.15) is 13.2 Å². The zero-order valence-electron chi connectivity index (χ0n) is 17.3. The maximum Gasteiger partial charge on any atom is 0.416 e. The minimum absolute atomic E-state index is 0.0642. The van der Waals surface area contributed by atoms with Crippen LogP contribution in [0.3, 0.4) is 0 Å². The van der Waals surface area contributed by atoms with Crippen molar-refractivity contribution in [3.63, 3.8) is 0 Å². The summed E-state index contributed by atoms with van der Waals surface area (Å²) in [6.45, 7) is 0. The summed E-state index contributed by atoms with van der Waals surface area (Å²) in [5.74, 6) is -1.39. The third kappa shape index (κ3) is 5.75. The number of halogens is 4. The highest BCUT2D eigenvalue weighted by atomic mass is 79.9. The first kappa shape index (κ1) is 25.2. The molecule has 0 spiro atoms. The maximum atomic E-state index is 13.0. The van der Waals surface area contributed by atoms with Crippen LogP contribution in [0.5, 0.6) is 0 Å². The first-order valence-corrected chi connectivity index (χ1v) is 11.7. The molecule has 12 heteroatoms. The molecule has 0 aliphatic heterocycles. The number of methoxy groups -OCH3 is 1. The summed E-state index contributed by atoms with van der Waals surface area (Å²) in [5.41, 5.74) is -1.18. The van der Waals surface area contributed by atoms with Crippen molar-refractivity contribution in [1.29, 1.82) is 0 Å². The van der Waals surface area contributed by atoms with Gasteiger partial charge in [0.25, 0.3) is 15.9 Å². The number of nitrogens with one attached hydrogen (secondary N) is 2. The second-order valence-corrected chi connectivity index (χ2v) is 9.35. The molecule has 3 aromatic carbocycles. The number of sulfonamides is 1. The number of ether oxygens (including phenoxy) is 1. The third-order valence-corrected chi connectivity index (χ3v) is 6.58. The molecule has 0 saturated carbocycles. The van der Waals surface area contributed by atoms with Crippen LogP contribution in [-0.4, -0.2) is 27.4 Å². The fraction of sp³-hybridized carbons (Fsp3) is 0.0909. The Morgan fingerprint density at radius 3 is 2.32 bits per heavy atom. The van der Waals surface area contributed by atoms with Crippen LogP contribution in [0.4, 0.5) is 24.5 Å². The summed E-state index contributed by atoms with van der Waals surface area (Å²) < 4.78 is 71.5. The van der Waals surface area contributed by atoms with Gasteiger partial charge in [-0.25, -0.2) is 13.2 Å². The number of amides is 1. The number of benzene rings is 3. The standard InChI is InChI=1S/C22H16BrF3N2O5S/c1-33-21(30)16-7-2-3-8-18(16)27-20(29)13-5-4-6-15(11-13)34(31,32)28-19-12-14(22(24,25)26)9-10-17(19)23/h2-12,28H,1H3,(H,27,29). The second-order valence-electron chi connectivity index (χ2n) is 6.82. The van der Waals surface area contributed by atoms with Gasteiger partial charge < -0.3 is 10.1 Å². The van der Waals surface area contributed by atoms with E-state index in [-0.39, 0.29) is 31.9 Å². The molecule has 0 aliphatic rings. The predicted octanol–water partition coefficient (Wildman–Crippen LogP) is 5.31. The van der Waals surface area contributed by atoms with Crippen molar-refractivity contribution in [1.82, 2.24) is 0 Å². The van der Waals surface area contributed by atoms with E-state index in [9.17, 15) is 31.2 Å². The summed E-state index contributed by atoms with van der Waals surface area (Å²) in [7, 11) is -3.17. The average Bonchev–Trinajstić information content (AvgIpc) is 2.79. The van der Waals surface area contributed by atoms with Gasteiger partial charge in [0, 0.05) is 10.0 Å². The first-order valence-electron chi connectivity index (χ1n) is 9.40. The van der Waals surface area contributed by atoms with Gasteiger partial charge in [-0.1, -0.05) is 18.2 Å². The van der Waals surface area contributed by atoms with Crippen molar-refractivity contribution in [2.24, 2.45) is 0 Å². The Balaban J connectivity index is 1.88. The van der Waals surface area contributed by atoms with Crippen LogP contribution in [0.1, 0.15) is 26.3 Å². The van der Waals surface area contributed by atoms with Gasteiger partial charge in [0.2, 0.25) is 0 Å². The maximum absolute atomic E-state index is 13.0. The molecule has 0 saturated heterocycles. The first-order chi connectivity index (χ1) is 15.9. The minimum atomic E-state index is -4.67. The van der Waals surface area contributed by atoms with Crippen LogP contribution in [0.2, 0.25) is 0 Å². The molecule has 7 nitrogen and oxygen atoms in total. The van der Waals surface area contributed by atoms with E-state index >= 15 is 0 Å². The fourth-order valence-corrected chi connectivity index (χ4v) is 4.46. The lowest BCUT2D eigenvalue weighted by atomic mass is 10.1. The molecule has 0 aliphatic carbocycles. The highest BCUT2D eigenvalue weighted by Gasteiger charge is 2.31. The fourth-order valence-electron chi connectivity index (χ4n) is 2.86. The monoisotopic (exact) mass is 556 g/mol. The van der Waals surface area contributed by atoms with Gasteiger partial charge in [-0.05, 0) is 64.5 Å². The number of para-hydroxylation sites is 1. The Labute approximate surface area is 201 Å². The Hall–Kier alpha value is -3.38. The van der Waals surface area contributed by atoms with Crippen LogP contribution in [0.25, 0.3) is 0 Å². The number of alkyl halides is 3. The Bertz CT molecular complexity index is 1360. The van der Waals surface area contributed by atoms with Gasteiger partial charge in [-0.15, -0.1) is 0 Å². The topological polar surface area (TPSA) is 102 Å². The molecule has 0 heterocycles. The summed E-state index contributed by atoms with van der Waals surface area (Å²) >= 11 is 3.03. The van der Waals surface area contributed by atoms with E-state index in [0.717, 1.165) is 18.2 Å². The van der Waals surface area contributed by atoms with E-state index in [2.05, 4.69) is 30.7 Å². The molecule has 0 aromatic heterocycles. The van der Waals surface area contributed by atoms with E-state index in [1.807, 2.05) is 0 Å². The summed E-state index contributed by atoms with van der Waals surface area (Å²) in [6, 6.07) is 13.5. The van der Waals surface area contributed by atoms with Crippen molar-refractivity contribution in [2.45, 2.75) is 11.1 Å². The van der Waals surface area contributed by atoms with Crippen molar-refractivity contribution >= 4 is 49.2 Å². The van der Waals surface area contributed by atoms with E-state index in [0.29, 0.717) is 6.07 Å². The molecule has 0 unspecified atom stereocenters. The quantitative estimate of drug-likeness (QED) is 0.401. The molecule has 0 bridgehead atoms. The summed E-state index contributed by atoms with van der Waals surface area (Å²) in [5, 5.41) is 2.52. The van der Waals surface area contributed by atoms with Gasteiger partial charge >= 0.3 is 12.1 Å². The van der Waals surface area contributed by atoms with E-state index in [4.69, 9.17) is 0 Å². The predicted molar refractivity (Wildman–Crippen MR) is 122 cm³/mol. The molecule has 0 atom stereocenters. The highest BCUT2D eigenvalue weighted by molar-refractivity contribution is 9.10. The normalized spacial score (nSPS) is 11.6. The number of hydrogen-bond acceptors (Lipinski definition) is 5. The van der Waals surface area contributed by atoms with Gasteiger partial charge in [0.1, 0.15) is 0 Å². The zero-order valence-corrected chi connectivity index (χ0v) is 19.7. The van der Waals surface area contributed by atoms with Crippen molar-refractivity contribution in [3.8, 4) is 0 Å². The number of rotatable bonds is 6. The minimum Gasteiger partial charge on any atom is -0.465 e. The lowest BCUT2D eigenvalue weighted by Gasteiger charge is -2.14. The molecule has 0 radical (unpaired) electrons. The molecule has 3 aromatic rings. The van der Waals surface area contributed by atoms with Crippen LogP contribution in [0, 0.1) is 0 Å². The zero-order chi connectivity index (χ0) is 25.1. The molecular formula is C22H16BrF3N2O5S. The Morgan fingerprint density at radius 2 is 1.65 bits per heavy atom. The lowest BCUT2D eigenvalue weighted by molar-refractivity contribution is -0.137. The summed E-state index contributed by atoms with van der Waals surface area (Å²) in [4.78, 5) is 24.2. The number of hydrogen-bond donors (Lipinski definition) is 2. The molecule has 2 N–H and O–H groups in total. The smallest absolute Gasteiger partial charge is 0.416 e. The average molecular weight is 557 g/mol. The Morgan fingerprint density at radius 1 is 0.941 bits per heavy atom. The van der Waals surface area contributed by atoms with E-state index in [1.54, 1.807) is 12.1 Å². The SMILES string of the molecule is COC(=O)c1ccccc1NC(=O)c1cccc(S(=O)(=O)Nc2cc(C(F)(F)F)ccc2Br)c1. The molecule has 178 valence electrons. The third-order valence-electron chi connectivity index (χ3n) is 4.53. The molecule has 1 amide bonds. The number of anilines is 2. The lowest BCUT2D eigenvalue weighted by Crippen LogP contribution is -2.18. The van der Waals surface area contributed by atoms with Crippen LogP contribution in [0.15, 0.2) is 76.1 Å². The second kappa shape index (κ2) is 9.85. The van der Waals surface area contributed by atoms with Crippen LogP contribution < -0.4 is 10.0 Å². The number of carbonyl (C=O) groups excluding carboxylic acids is 2. The van der Waals surface area contributed by atoms with E-state index < -0.39 is 33.6 Å². The molecule has 34 heavy (non-hydrogen) atoms. The molecule has 0 fully saturated rings. The van der Waals surface area contributed by atoms with Crippen molar-refractivity contribution in [2.75, 3.05) is 17.1 Å². The van der Waals surface area contributed by atoms with Crippen molar-refractivity contribution < 1.29 is 35.9 Å². The highest BCUT2D eigenvalue weighted by Crippen LogP contribution is 2.34. The molecular weight excluding hydrogens is 541 g/mol. The number of carbonyl (C=O) groups is 2. The van der Waals surface area contributed by atoms with Crippen LogP contribution in [-0.2, 0) is 20.9 Å². The van der Waals surface area contributed by atoms with E-state index in [1.165, 1.54) is 37.4 Å². The largest absolute Gasteiger partial charge is 0.465 e. The number of esters is 1. The summed E-state index contributed by atoms with van der Waals surface area (Å²) in [6.07, 6.45) is -4.67. The Kier molecular flexibility index (Phi) is 7.32. The van der Waals surface area contributed by atoms with Gasteiger partial charge in [-0.3, -0.25) is 9.52 Å². The van der Waals surface area contributed by atoms with Crippen LogP contribution >= 0.6 is 15.9 Å². The van der Waals surface area contributed by atoms with Gasteiger partial charge in [0.05, 0.1) is 34.5 Å². The van der Waals surface area contributed by atoms with Gasteiger partial charge in [0.15, 0.2) is 0 Å². The molecule has 3 rings (SSSR count).